The van der Waals surface area contributed by atoms with Crippen molar-refractivity contribution >= 4 is 30.0 Å². The fraction of sp³-hybridized carbons (Fsp3) is 0.417. The van der Waals surface area contributed by atoms with Crippen molar-refractivity contribution in [2.45, 2.75) is 32.9 Å². The minimum absolute atomic E-state index is 0. The number of ether oxygens (including phenoxy) is 1. The average Bonchev–Trinajstić information content (AvgIpc) is 2.22. The largest absolute Gasteiger partial charge is 0.478 e. The van der Waals surface area contributed by atoms with E-state index < -0.39 is 11.6 Å². The molecule has 1 aromatic carbocycles. The van der Waals surface area contributed by atoms with Crippen LogP contribution in [0.3, 0.4) is 0 Å². The van der Waals surface area contributed by atoms with Gasteiger partial charge in [-0.1, -0.05) is 17.7 Å². The predicted molar refractivity (Wildman–Crippen MR) is 73.7 cm³/mol. The molecule has 0 spiro atoms. The minimum Gasteiger partial charge on any atom is -0.478 e. The fourth-order valence-electron chi connectivity index (χ4n) is 1.35. The summed E-state index contributed by atoms with van der Waals surface area (Å²) in [7, 11) is 0. The molecule has 0 fully saturated rings. The van der Waals surface area contributed by atoms with Crippen LogP contribution in [0.15, 0.2) is 12.1 Å². The van der Waals surface area contributed by atoms with Gasteiger partial charge in [-0.15, -0.1) is 12.4 Å². The summed E-state index contributed by atoms with van der Waals surface area (Å²) in [6.07, 6.45) is 0. The first-order valence-electron chi connectivity index (χ1n) is 5.19. The number of carboxylic acids is 1. The molecule has 0 saturated carbocycles. The van der Waals surface area contributed by atoms with Gasteiger partial charge in [-0.05, 0) is 38.0 Å². The Balaban J connectivity index is 0.00000289. The lowest BCUT2D eigenvalue weighted by Gasteiger charge is -2.23. The highest BCUT2D eigenvalue weighted by Gasteiger charge is 2.30. The first kappa shape index (κ1) is 17.0. The lowest BCUT2D eigenvalue weighted by Crippen LogP contribution is -2.38. The van der Waals surface area contributed by atoms with Crippen molar-refractivity contribution in [2.24, 2.45) is 5.73 Å². The zero-order valence-electron chi connectivity index (χ0n) is 10.5. The molecule has 102 valence electrons. The third kappa shape index (κ3) is 3.77. The number of rotatable bonds is 4. The lowest BCUT2D eigenvalue weighted by atomic mass is 10.1. The summed E-state index contributed by atoms with van der Waals surface area (Å²) in [6, 6.07) is 3.51. The number of halogens is 2. The molecular formula is C12H17Cl2NO3. The maximum atomic E-state index is 11.0. The van der Waals surface area contributed by atoms with Crippen LogP contribution in [0.2, 0.25) is 5.02 Å². The van der Waals surface area contributed by atoms with Gasteiger partial charge in [0.25, 0.3) is 0 Å². The number of carbonyl (C=O) groups is 1. The standard InChI is InChI=1S/C12H16ClNO3.ClH/c1-7-4-8(6-14)5-9(13)10(7)17-12(2,3)11(15)16;/h4-5H,6,14H2,1-3H3,(H,15,16);1H. The van der Waals surface area contributed by atoms with Gasteiger partial charge in [0.1, 0.15) is 5.75 Å². The van der Waals surface area contributed by atoms with Gasteiger partial charge < -0.3 is 15.6 Å². The Kier molecular flexibility index (Phi) is 5.93. The van der Waals surface area contributed by atoms with Gasteiger partial charge in [0.2, 0.25) is 0 Å². The van der Waals surface area contributed by atoms with Gasteiger partial charge in [0.15, 0.2) is 5.60 Å². The van der Waals surface area contributed by atoms with E-state index in [-0.39, 0.29) is 12.4 Å². The number of aliphatic carboxylic acids is 1. The van der Waals surface area contributed by atoms with Gasteiger partial charge in [0, 0.05) is 6.54 Å². The third-order valence-electron chi connectivity index (χ3n) is 2.40. The smallest absolute Gasteiger partial charge is 0.347 e. The third-order valence-corrected chi connectivity index (χ3v) is 2.68. The van der Waals surface area contributed by atoms with Crippen molar-refractivity contribution in [3.05, 3.63) is 28.3 Å². The van der Waals surface area contributed by atoms with Crippen LogP contribution in [0.4, 0.5) is 0 Å². The highest BCUT2D eigenvalue weighted by molar-refractivity contribution is 6.32. The Morgan fingerprint density at radius 2 is 2.06 bits per heavy atom. The topological polar surface area (TPSA) is 72.5 Å². The molecule has 6 heteroatoms. The Bertz CT molecular complexity index is 424. The second-order valence-corrected chi connectivity index (χ2v) is 4.75. The predicted octanol–water partition coefficient (Wildman–Crippen LogP) is 2.77. The summed E-state index contributed by atoms with van der Waals surface area (Å²) in [6.45, 7) is 5.13. The number of hydrogen-bond acceptors (Lipinski definition) is 3. The number of nitrogens with two attached hydrogens (primary N) is 1. The van der Waals surface area contributed by atoms with E-state index in [4.69, 9.17) is 27.2 Å². The SMILES string of the molecule is Cc1cc(CN)cc(Cl)c1OC(C)(C)C(=O)O.Cl. The Hall–Kier alpha value is -0.970. The molecule has 3 N–H and O–H groups in total. The van der Waals surface area contributed by atoms with Crippen molar-refractivity contribution in [2.75, 3.05) is 0 Å². The molecule has 0 saturated heterocycles. The van der Waals surface area contributed by atoms with Gasteiger partial charge in [-0.2, -0.15) is 0 Å². The molecule has 4 nitrogen and oxygen atoms in total. The highest BCUT2D eigenvalue weighted by atomic mass is 35.5. The molecule has 0 aliphatic heterocycles. The van der Waals surface area contributed by atoms with Crippen LogP contribution in [0.1, 0.15) is 25.0 Å². The van der Waals surface area contributed by atoms with Crippen molar-refractivity contribution in [3.63, 3.8) is 0 Å². The highest BCUT2D eigenvalue weighted by Crippen LogP contribution is 2.32. The van der Waals surface area contributed by atoms with E-state index in [0.717, 1.165) is 11.1 Å². The second-order valence-electron chi connectivity index (χ2n) is 4.35. The number of carboxylic acid groups (broad SMARTS) is 1. The molecule has 0 amide bonds. The van der Waals surface area contributed by atoms with E-state index in [1.807, 2.05) is 6.07 Å². The molecule has 0 aliphatic rings. The van der Waals surface area contributed by atoms with Crippen LogP contribution in [-0.2, 0) is 11.3 Å². The summed E-state index contributed by atoms with van der Waals surface area (Å²) in [5, 5.41) is 9.37. The summed E-state index contributed by atoms with van der Waals surface area (Å²) < 4.78 is 5.45. The molecule has 1 rings (SSSR count). The van der Waals surface area contributed by atoms with Gasteiger partial charge in [-0.25, -0.2) is 4.79 Å². The number of benzene rings is 1. The molecule has 1 aromatic rings. The Morgan fingerprint density at radius 1 is 1.50 bits per heavy atom. The zero-order chi connectivity index (χ0) is 13.2. The quantitative estimate of drug-likeness (QED) is 0.895. The molecular weight excluding hydrogens is 277 g/mol. The van der Waals surface area contributed by atoms with Crippen LogP contribution >= 0.6 is 24.0 Å². The van der Waals surface area contributed by atoms with E-state index in [0.29, 0.717) is 17.3 Å². The molecule has 0 unspecified atom stereocenters. The van der Waals surface area contributed by atoms with Crippen molar-refractivity contribution in [1.82, 2.24) is 0 Å². The lowest BCUT2D eigenvalue weighted by molar-refractivity contribution is -0.152. The molecule has 0 atom stereocenters. The normalized spacial score (nSPS) is 10.7. The van der Waals surface area contributed by atoms with Gasteiger partial charge in [0.05, 0.1) is 5.02 Å². The van der Waals surface area contributed by atoms with Crippen molar-refractivity contribution < 1.29 is 14.6 Å². The van der Waals surface area contributed by atoms with Crippen LogP contribution < -0.4 is 10.5 Å². The molecule has 0 bridgehead atoms. The van der Waals surface area contributed by atoms with Crippen molar-refractivity contribution in [1.29, 1.82) is 0 Å². The first-order valence-corrected chi connectivity index (χ1v) is 5.57. The molecule has 0 aromatic heterocycles. The zero-order valence-corrected chi connectivity index (χ0v) is 12.1. The average molecular weight is 294 g/mol. The summed E-state index contributed by atoms with van der Waals surface area (Å²) in [5.41, 5.74) is 5.85. The van der Waals surface area contributed by atoms with Gasteiger partial charge in [-0.3, -0.25) is 0 Å². The molecule has 18 heavy (non-hydrogen) atoms. The fourth-order valence-corrected chi connectivity index (χ4v) is 1.68. The van der Waals surface area contributed by atoms with Crippen LogP contribution in [0.25, 0.3) is 0 Å². The summed E-state index contributed by atoms with van der Waals surface area (Å²) in [4.78, 5) is 11.0. The van der Waals surface area contributed by atoms with Crippen LogP contribution in [-0.4, -0.2) is 16.7 Å². The first-order chi connectivity index (χ1) is 7.77. The molecule has 0 heterocycles. The number of aryl methyl sites for hydroxylation is 1. The summed E-state index contributed by atoms with van der Waals surface area (Å²) in [5.74, 6) is -0.660. The molecule has 0 aliphatic carbocycles. The van der Waals surface area contributed by atoms with E-state index in [1.165, 1.54) is 13.8 Å². The van der Waals surface area contributed by atoms with E-state index in [9.17, 15) is 4.79 Å². The van der Waals surface area contributed by atoms with Crippen LogP contribution in [0, 0.1) is 6.92 Å². The van der Waals surface area contributed by atoms with Crippen molar-refractivity contribution in [3.8, 4) is 5.75 Å². The van der Waals surface area contributed by atoms with Gasteiger partial charge >= 0.3 is 5.97 Å². The Labute approximate surface area is 117 Å². The second kappa shape index (κ2) is 6.27. The monoisotopic (exact) mass is 293 g/mol. The minimum atomic E-state index is -1.32. The van der Waals surface area contributed by atoms with E-state index in [2.05, 4.69) is 0 Å². The number of hydrogen-bond donors (Lipinski definition) is 2. The maximum Gasteiger partial charge on any atom is 0.347 e. The Morgan fingerprint density at radius 3 is 2.44 bits per heavy atom. The maximum absolute atomic E-state index is 11.0. The van der Waals surface area contributed by atoms with E-state index >= 15 is 0 Å². The molecule has 0 radical (unpaired) electrons. The van der Waals surface area contributed by atoms with Crippen LogP contribution in [0.5, 0.6) is 5.75 Å². The summed E-state index contributed by atoms with van der Waals surface area (Å²) >= 11 is 6.05. The van der Waals surface area contributed by atoms with E-state index in [1.54, 1.807) is 13.0 Å².